The summed E-state index contributed by atoms with van der Waals surface area (Å²) in [5.41, 5.74) is 0. The van der Waals surface area contributed by atoms with Crippen LogP contribution in [0.1, 0.15) is 6.42 Å². The Hall–Kier alpha value is -2.24. The van der Waals surface area contributed by atoms with Crippen LogP contribution in [0, 0.1) is 11.8 Å². The number of carbonyl (C=O) groups is 4. The van der Waals surface area contributed by atoms with Crippen molar-refractivity contribution >= 4 is 23.9 Å². The Bertz CT molecular complexity index is 564. The van der Waals surface area contributed by atoms with E-state index in [1.807, 2.05) is 0 Å². The number of methoxy groups -OCH3 is 4. The molecule has 11 nitrogen and oxygen atoms in total. The Labute approximate surface area is 142 Å². The molecule has 0 radical (unpaired) electrons. The molecule has 0 amide bonds. The maximum Gasteiger partial charge on any atom is 0.338 e. The molecule has 0 unspecified atom stereocenters. The number of ether oxygens (including phenoxy) is 4. The first-order valence-corrected chi connectivity index (χ1v) is 7.32. The predicted molar refractivity (Wildman–Crippen MR) is 75.0 cm³/mol. The fraction of sp³-hybridized carbons (Fsp3) is 0.714. The van der Waals surface area contributed by atoms with Gasteiger partial charge in [-0.2, -0.15) is 0 Å². The van der Waals surface area contributed by atoms with Crippen LogP contribution in [0.15, 0.2) is 0 Å². The molecule has 0 bridgehead atoms. The lowest BCUT2D eigenvalue weighted by Gasteiger charge is -2.22. The molecule has 5 atom stereocenters. The van der Waals surface area contributed by atoms with E-state index >= 15 is 0 Å². The lowest BCUT2D eigenvalue weighted by Crippen LogP contribution is -2.44. The van der Waals surface area contributed by atoms with Crippen molar-refractivity contribution in [3.63, 3.8) is 0 Å². The molecule has 11 heteroatoms. The zero-order chi connectivity index (χ0) is 18.7. The van der Waals surface area contributed by atoms with E-state index in [1.165, 1.54) is 7.11 Å². The lowest BCUT2D eigenvalue weighted by atomic mass is 9.82. The van der Waals surface area contributed by atoms with E-state index in [-0.39, 0.29) is 6.42 Å². The van der Waals surface area contributed by atoms with Gasteiger partial charge in [-0.15, -0.1) is 0 Å². The molecule has 0 aliphatic carbocycles. The van der Waals surface area contributed by atoms with E-state index in [9.17, 15) is 19.2 Å². The maximum atomic E-state index is 12.2. The molecule has 0 spiro atoms. The molecular formula is C14H19NO10. The molecule has 2 heterocycles. The van der Waals surface area contributed by atoms with Crippen molar-refractivity contribution in [2.45, 2.75) is 24.7 Å². The number of hydrogen-bond acceptors (Lipinski definition) is 11. The fourth-order valence-corrected chi connectivity index (χ4v) is 2.99. The van der Waals surface area contributed by atoms with Crippen LogP contribution >= 0.6 is 0 Å². The SMILES string of the molecule is COC(=O)C[C@H]1[C@H]2[C@H](C(=O)OC)[C@@H](C(=O)OC)ON2O[C@H]1C(=O)OC. The Kier molecular flexibility index (Phi) is 5.93. The van der Waals surface area contributed by atoms with Crippen LogP contribution in [0.3, 0.4) is 0 Å². The molecule has 2 rings (SSSR count). The molecule has 2 aliphatic rings. The van der Waals surface area contributed by atoms with E-state index in [1.54, 1.807) is 0 Å². The normalized spacial score (nSPS) is 31.1. The van der Waals surface area contributed by atoms with Crippen LogP contribution in [-0.4, -0.2) is 75.8 Å². The van der Waals surface area contributed by atoms with Crippen LogP contribution in [0.5, 0.6) is 0 Å². The van der Waals surface area contributed by atoms with E-state index < -0.39 is 54.0 Å². The number of fused-ring (bicyclic) bond motifs is 1. The summed E-state index contributed by atoms with van der Waals surface area (Å²) < 4.78 is 18.6. The Morgan fingerprint density at radius 2 is 1.32 bits per heavy atom. The van der Waals surface area contributed by atoms with Crippen LogP contribution in [0.4, 0.5) is 0 Å². The number of hydrogen-bond donors (Lipinski definition) is 0. The highest BCUT2D eigenvalue weighted by molar-refractivity contribution is 5.85. The van der Waals surface area contributed by atoms with Gasteiger partial charge in [0, 0.05) is 5.92 Å². The minimum Gasteiger partial charge on any atom is -0.469 e. The van der Waals surface area contributed by atoms with Crippen LogP contribution < -0.4 is 0 Å². The fourth-order valence-electron chi connectivity index (χ4n) is 2.99. The molecule has 0 aromatic heterocycles. The molecule has 0 aromatic carbocycles. The third-order valence-corrected chi connectivity index (χ3v) is 4.17. The first kappa shape index (κ1) is 19.1. The molecule has 2 fully saturated rings. The summed E-state index contributed by atoms with van der Waals surface area (Å²) in [5.74, 6) is -5.01. The van der Waals surface area contributed by atoms with E-state index in [4.69, 9.17) is 14.4 Å². The highest BCUT2D eigenvalue weighted by atomic mass is 17.0. The van der Waals surface area contributed by atoms with Crippen LogP contribution in [0.2, 0.25) is 0 Å². The van der Waals surface area contributed by atoms with Crippen molar-refractivity contribution in [3.05, 3.63) is 0 Å². The van der Waals surface area contributed by atoms with E-state index in [0.717, 1.165) is 26.6 Å². The minimum atomic E-state index is -1.33. The molecule has 2 aliphatic heterocycles. The number of carbonyl (C=O) groups excluding carboxylic acids is 4. The van der Waals surface area contributed by atoms with Crippen LogP contribution in [-0.2, 0) is 47.8 Å². The largest absolute Gasteiger partial charge is 0.469 e. The van der Waals surface area contributed by atoms with Gasteiger partial charge in [-0.25, -0.2) is 9.59 Å². The third kappa shape index (κ3) is 3.43. The molecule has 140 valence electrons. The monoisotopic (exact) mass is 361 g/mol. The number of rotatable bonds is 5. The van der Waals surface area contributed by atoms with Crippen molar-refractivity contribution in [2.75, 3.05) is 28.4 Å². The summed E-state index contributed by atoms with van der Waals surface area (Å²) in [6, 6.07) is -0.945. The van der Waals surface area contributed by atoms with Gasteiger partial charge in [0.25, 0.3) is 0 Å². The Morgan fingerprint density at radius 3 is 1.84 bits per heavy atom. The van der Waals surface area contributed by atoms with Gasteiger partial charge in [0.1, 0.15) is 5.92 Å². The third-order valence-electron chi connectivity index (χ3n) is 4.17. The van der Waals surface area contributed by atoms with Gasteiger partial charge in [-0.1, -0.05) is 5.23 Å². The predicted octanol–water partition coefficient (Wildman–Crippen LogP) is -1.40. The van der Waals surface area contributed by atoms with Gasteiger partial charge in [0.15, 0.2) is 12.2 Å². The summed E-state index contributed by atoms with van der Waals surface area (Å²) in [6.45, 7) is 0. The maximum absolute atomic E-state index is 12.2. The topological polar surface area (TPSA) is 127 Å². The van der Waals surface area contributed by atoms with Crippen molar-refractivity contribution in [2.24, 2.45) is 11.8 Å². The molecule has 0 saturated carbocycles. The quantitative estimate of drug-likeness (QED) is 0.424. The first-order chi connectivity index (χ1) is 11.9. The van der Waals surface area contributed by atoms with Crippen molar-refractivity contribution in [1.82, 2.24) is 5.23 Å². The molecule has 25 heavy (non-hydrogen) atoms. The summed E-state index contributed by atoms with van der Waals surface area (Å²) in [6.07, 6.45) is -2.80. The van der Waals surface area contributed by atoms with Crippen molar-refractivity contribution in [3.8, 4) is 0 Å². The summed E-state index contributed by atoms with van der Waals surface area (Å²) in [5, 5.41) is 0.859. The molecule has 0 N–H and O–H groups in total. The number of esters is 4. The van der Waals surface area contributed by atoms with Gasteiger partial charge in [-0.05, 0) is 0 Å². The zero-order valence-corrected chi connectivity index (χ0v) is 14.1. The Balaban J connectivity index is 2.38. The second-order valence-electron chi connectivity index (χ2n) is 5.37. The highest BCUT2D eigenvalue weighted by Gasteiger charge is 2.63. The zero-order valence-electron chi connectivity index (χ0n) is 14.1. The minimum absolute atomic E-state index is 0.262. The highest BCUT2D eigenvalue weighted by Crippen LogP contribution is 2.43. The molecule has 2 saturated heterocycles. The number of hydroxylamine groups is 2. The summed E-state index contributed by atoms with van der Waals surface area (Å²) in [4.78, 5) is 58.5. The molecular weight excluding hydrogens is 342 g/mol. The van der Waals surface area contributed by atoms with Gasteiger partial charge >= 0.3 is 23.9 Å². The van der Waals surface area contributed by atoms with Crippen LogP contribution in [0.25, 0.3) is 0 Å². The average molecular weight is 361 g/mol. The van der Waals surface area contributed by atoms with Gasteiger partial charge in [0.2, 0.25) is 0 Å². The van der Waals surface area contributed by atoms with Crippen molar-refractivity contribution in [1.29, 1.82) is 0 Å². The summed E-state index contributed by atoms with van der Waals surface area (Å²) >= 11 is 0. The first-order valence-electron chi connectivity index (χ1n) is 7.32. The smallest absolute Gasteiger partial charge is 0.338 e. The number of nitrogens with zero attached hydrogens (tertiary/aromatic N) is 1. The van der Waals surface area contributed by atoms with Gasteiger partial charge in [0.05, 0.1) is 40.9 Å². The van der Waals surface area contributed by atoms with E-state index in [0.29, 0.717) is 0 Å². The van der Waals surface area contributed by atoms with Crippen molar-refractivity contribution < 1.29 is 47.8 Å². The Morgan fingerprint density at radius 1 is 0.800 bits per heavy atom. The average Bonchev–Trinajstić information content (AvgIpc) is 3.16. The lowest BCUT2D eigenvalue weighted by molar-refractivity contribution is -0.350. The van der Waals surface area contributed by atoms with Gasteiger partial charge in [-0.3, -0.25) is 19.3 Å². The molecule has 0 aromatic rings. The standard InChI is InChI=1S/C14H19NO10/c1-20-7(16)5-6-9-8(12(17)21-2)11(14(19)23-4)25-15(9)24-10(6)13(18)22-3/h6,8-11H,5H2,1-4H3/t6-,8-,9-,10+,11-/m0/s1. The second-order valence-corrected chi connectivity index (χ2v) is 5.37. The van der Waals surface area contributed by atoms with Gasteiger partial charge < -0.3 is 18.9 Å². The van der Waals surface area contributed by atoms with E-state index in [2.05, 4.69) is 14.2 Å². The summed E-state index contributed by atoms with van der Waals surface area (Å²) in [7, 11) is 4.61. The second kappa shape index (κ2) is 7.76.